The quantitative estimate of drug-likeness (QED) is 0.922. The van der Waals surface area contributed by atoms with E-state index in [4.69, 9.17) is 0 Å². The standard InChI is InChI=1S/C15H27N3S/c1-11-14(19-12(2)17-11)10-16-13-6-8-18(9-7-13)15(3,4)5/h13,16H,6-10H2,1-5H3. The topological polar surface area (TPSA) is 28.2 Å². The van der Waals surface area contributed by atoms with Crippen molar-refractivity contribution in [1.82, 2.24) is 15.2 Å². The number of nitrogens with one attached hydrogen (secondary N) is 1. The number of rotatable bonds is 3. The van der Waals surface area contributed by atoms with Crippen LogP contribution in [0.4, 0.5) is 0 Å². The zero-order valence-electron chi connectivity index (χ0n) is 12.9. The lowest BCUT2D eigenvalue weighted by atomic mass is 9.98. The lowest BCUT2D eigenvalue weighted by molar-refractivity contribution is 0.0961. The highest BCUT2D eigenvalue weighted by Gasteiger charge is 2.26. The van der Waals surface area contributed by atoms with Crippen LogP contribution in [0.5, 0.6) is 0 Å². The van der Waals surface area contributed by atoms with Gasteiger partial charge in [-0.25, -0.2) is 4.98 Å². The average Bonchev–Trinajstić information content (AvgIpc) is 2.65. The van der Waals surface area contributed by atoms with Crippen molar-refractivity contribution in [2.45, 2.75) is 65.6 Å². The summed E-state index contributed by atoms with van der Waals surface area (Å²) >= 11 is 1.82. The lowest BCUT2D eigenvalue weighted by Gasteiger charge is -2.41. The minimum atomic E-state index is 0.316. The Kier molecular flexibility index (Phi) is 4.64. The highest BCUT2D eigenvalue weighted by molar-refractivity contribution is 7.11. The summed E-state index contributed by atoms with van der Waals surface area (Å²) in [5, 5.41) is 4.89. The van der Waals surface area contributed by atoms with E-state index in [1.54, 1.807) is 0 Å². The third-order valence-corrected chi connectivity index (χ3v) is 5.07. The van der Waals surface area contributed by atoms with E-state index >= 15 is 0 Å². The fourth-order valence-corrected chi connectivity index (χ4v) is 3.62. The molecule has 1 N–H and O–H groups in total. The maximum atomic E-state index is 4.49. The summed E-state index contributed by atoms with van der Waals surface area (Å²) in [6.07, 6.45) is 2.52. The first-order valence-electron chi connectivity index (χ1n) is 7.27. The van der Waals surface area contributed by atoms with Crippen LogP contribution in [0.3, 0.4) is 0 Å². The van der Waals surface area contributed by atoms with Gasteiger partial charge in [0.25, 0.3) is 0 Å². The zero-order chi connectivity index (χ0) is 14.0. The highest BCUT2D eigenvalue weighted by atomic mass is 32.1. The van der Waals surface area contributed by atoms with E-state index in [-0.39, 0.29) is 0 Å². The fraction of sp³-hybridized carbons (Fsp3) is 0.800. The highest BCUT2D eigenvalue weighted by Crippen LogP contribution is 2.21. The van der Waals surface area contributed by atoms with Gasteiger partial charge in [0.1, 0.15) is 0 Å². The molecule has 2 rings (SSSR count). The van der Waals surface area contributed by atoms with Crippen molar-refractivity contribution >= 4 is 11.3 Å². The maximum Gasteiger partial charge on any atom is 0.0900 e. The van der Waals surface area contributed by atoms with Crippen LogP contribution in [0.2, 0.25) is 0 Å². The summed E-state index contributed by atoms with van der Waals surface area (Å²) in [6.45, 7) is 14.5. The van der Waals surface area contributed by atoms with E-state index in [1.807, 2.05) is 11.3 Å². The number of hydrogen-bond donors (Lipinski definition) is 1. The minimum Gasteiger partial charge on any atom is -0.309 e. The predicted molar refractivity (Wildman–Crippen MR) is 82.8 cm³/mol. The predicted octanol–water partition coefficient (Wildman–Crippen LogP) is 3.11. The van der Waals surface area contributed by atoms with E-state index in [2.05, 4.69) is 49.8 Å². The largest absolute Gasteiger partial charge is 0.309 e. The SMILES string of the molecule is Cc1nc(C)c(CNC2CCN(C(C)(C)C)CC2)s1. The summed E-state index contributed by atoms with van der Waals surface area (Å²) in [5.74, 6) is 0. The van der Waals surface area contributed by atoms with Crippen LogP contribution < -0.4 is 5.32 Å². The molecule has 0 aromatic carbocycles. The Balaban J connectivity index is 1.79. The summed E-state index contributed by atoms with van der Waals surface area (Å²) in [7, 11) is 0. The van der Waals surface area contributed by atoms with E-state index < -0.39 is 0 Å². The molecule has 0 unspecified atom stereocenters. The first-order valence-corrected chi connectivity index (χ1v) is 8.09. The summed E-state index contributed by atoms with van der Waals surface area (Å²) in [5.41, 5.74) is 1.51. The van der Waals surface area contributed by atoms with Crippen molar-refractivity contribution in [1.29, 1.82) is 0 Å². The number of hydrogen-bond acceptors (Lipinski definition) is 4. The molecule has 1 fully saturated rings. The third kappa shape index (κ3) is 4.01. The number of thiazole rings is 1. The molecule has 0 atom stereocenters. The van der Waals surface area contributed by atoms with Crippen LogP contribution in [0.1, 0.15) is 49.2 Å². The van der Waals surface area contributed by atoms with Gasteiger partial charge >= 0.3 is 0 Å². The molecule has 2 heterocycles. The Morgan fingerprint density at radius 2 is 1.89 bits per heavy atom. The van der Waals surface area contributed by atoms with Crippen molar-refractivity contribution in [3.8, 4) is 0 Å². The van der Waals surface area contributed by atoms with Crippen LogP contribution in [0.15, 0.2) is 0 Å². The van der Waals surface area contributed by atoms with Gasteiger partial charge in [0.2, 0.25) is 0 Å². The molecule has 0 saturated carbocycles. The average molecular weight is 281 g/mol. The molecule has 0 radical (unpaired) electrons. The molecule has 1 aliphatic heterocycles. The first-order chi connectivity index (χ1) is 8.86. The van der Waals surface area contributed by atoms with Crippen LogP contribution in [-0.4, -0.2) is 34.6 Å². The van der Waals surface area contributed by atoms with E-state index in [1.165, 1.54) is 41.5 Å². The Morgan fingerprint density at radius 1 is 1.26 bits per heavy atom. The second-order valence-corrected chi connectivity index (χ2v) is 7.84. The molecule has 1 aromatic heterocycles. The molecule has 0 amide bonds. The second-order valence-electron chi connectivity index (χ2n) is 6.55. The molecular weight excluding hydrogens is 254 g/mol. The molecular formula is C15H27N3S. The summed E-state index contributed by atoms with van der Waals surface area (Å²) < 4.78 is 0. The van der Waals surface area contributed by atoms with Crippen LogP contribution in [0.25, 0.3) is 0 Å². The molecule has 108 valence electrons. The van der Waals surface area contributed by atoms with Crippen LogP contribution in [-0.2, 0) is 6.54 Å². The lowest BCUT2D eigenvalue weighted by Crippen LogP contribution is -2.49. The second kappa shape index (κ2) is 5.90. The summed E-state index contributed by atoms with van der Waals surface area (Å²) in [6, 6.07) is 0.667. The molecule has 3 nitrogen and oxygen atoms in total. The van der Waals surface area contributed by atoms with Gasteiger partial charge in [0, 0.05) is 36.1 Å². The molecule has 1 aliphatic rings. The van der Waals surface area contributed by atoms with Crippen LogP contribution in [0, 0.1) is 13.8 Å². The number of piperidine rings is 1. The molecule has 1 aromatic rings. The molecule has 4 heteroatoms. The smallest absolute Gasteiger partial charge is 0.0900 e. The fourth-order valence-electron chi connectivity index (χ4n) is 2.73. The Morgan fingerprint density at radius 3 is 2.37 bits per heavy atom. The molecule has 0 spiro atoms. The number of likely N-dealkylation sites (tertiary alicyclic amines) is 1. The van der Waals surface area contributed by atoms with E-state index in [0.717, 1.165) is 6.54 Å². The first kappa shape index (κ1) is 14.9. The number of aromatic nitrogens is 1. The third-order valence-electron chi connectivity index (χ3n) is 3.99. The van der Waals surface area contributed by atoms with Gasteiger partial charge in [0.05, 0.1) is 10.7 Å². The van der Waals surface area contributed by atoms with Crippen molar-refractivity contribution in [3.63, 3.8) is 0 Å². The van der Waals surface area contributed by atoms with E-state index in [0.29, 0.717) is 11.6 Å². The van der Waals surface area contributed by atoms with Crippen molar-refractivity contribution in [3.05, 3.63) is 15.6 Å². The number of nitrogens with zero attached hydrogens (tertiary/aromatic N) is 2. The zero-order valence-corrected chi connectivity index (χ0v) is 13.7. The normalized spacial score (nSPS) is 19.0. The van der Waals surface area contributed by atoms with Gasteiger partial charge in [-0.1, -0.05) is 0 Å². The van der Waals surface area contributed by atoms with Gasteiger partial charge in [-0.2, -0.15) is 0 Å². The van der Waals surface area contributed by atoms with Gasteiger partial charge in [-0.05, 0) is 47.5 Å². The Hall–Kier alpha value is -0.450. The molecule has 0 bridgehead atoms. The molecule has 1 saturated heterocycles. The van der Waals surface area contributed by atoms with E-state index in [9.17, 15) is 0 Å². The van der Waals surface area contributed by atoms with Crippen LogP contribution >= 0.6 is 11.3 Å². The van der Waals surface area contributed by atoms with Crippen molar-refractivity contribution in [2.24, 2.45) is 0 Å². The van der Waals surface area contributed by atoms with Gasteiger partial charge in [-0.3, -0.25) is 4.90 Å². The molecule has 19 heavy (non-hydrogen) atoms. The maximum absolute atomic E-state index is 4.49. The van der Waals surface area contributed by atoms with Gasteiger partial charge in [0.15, 0.2) is 0 Å². The summed E-state index contributed by atoms with van der Waals surface area (Å²) in [4.78, 5) is 8.48. The van der Waals surface area contributed by atoms with Gasteiger partial charge in [-0.15, -0.1) is 11.3 Å². The Bertz CT molecular complexity index is 412. The van der Waals surface area contributed by atoms with Crippen molar-refractivity contribution < 1.29 is 0 Å². The Labute approximate surface area is 121 Å². The number of aryl methyl sites for hydroxylation is 2. The monoisotopic (exact) mass is 281 g/mol. The molecule has 0 aliphatic carbocycles. The van der Waals surface area contributed by atoms with Crippen molar-refractivity contribution in [2.75, 3.05) is 13.1 Å². The minimum absolute atomic E-state index is 0.316. The van der Waals surface area contributed by atoms with Gasteiger partial charge < -0.3 is 5.32 Å².